The Balaban J connectivity index is 2.30. The summed E-state index contributed by atoms with van der Waals surface area (Å²) < 4.78 is 25.3. The van der Waals surface area contributed by atoms with Crippen molar-refractivity contribution in [1.29, 1.82) is 0 Å². The standard InChI is InChI=1S/C8H13F2NO2S/c1-14-6-3-2-5(6)11-4-8(9,10)7(12)13/h5-6,11H,2-4H2,1H3,(H,12,13). The van der Waals surface area contributed by atoms with Crippen molar-refractivity contribution in [3.8, 4) is 0 Å². The average molecular weight is 225 g/mol. The van der Waals surface area contributed by atoms with Crippen LogP contribution in [0.25, 0.3) is 0 Å². The van der Waals surface area contributed by atoms with Crippen LogP contribution in [0.15, 0.2) is 0 Å². The minimum absolute atomic E-state index is 0.0372. The fourth-order valence-corrected chi connectivity index (χ4v) is 2.25. The minimum atomic E-state index is -3.65. The summed E-state index contributed by atoms with van der Waals surface area (Å²) in [5.74, 6) is -5.72. The Morgan fingerprint density at radius 2 is 2.29 bits per heavy atom. The summed E-state index contributed by atoms with van der Waals surface area (Å²) in [7, 11) is 0. The predicted molar refractivity (Wildman–Crippen MR) is 50.9 cm³/mol. The third-order valence-corrected chi connectivity index (χ3v) is 3.58. The number of alkyl halides is 2. The maximum absolute atomic E-state index is 12.6. The van der Waals surface area contributed by atoms with E-state index in [0.717, 1.165) is 12.8 Å². The van der Waals surface area contributed by atoms with Gasteiger partial charge in [-0.15, -0.1) is 0 Å². The van der Waals surface area contributed by atoms with E-state index < -0.39 is 18.4 Å². The Morgan fingerprint density at radius 1 is 1.64 bits per heavy atom. The van der Waals surface area contributed by atoms with Gasteiger partial charge in [0.2, 0.25) is 0 Å². The number of rotatable bonds is 5. The normalized spacial score (nSPS) is 27.1. The van der Waals surface area contributed by atoms with Crippen LogP contribution in [0.2, 0.25) is 0 Å². The molecule has 0 radical (unpaired) electrons. The van der Waals surface area contributed by atoms with Crippen LogP contribution in [0.4, 0.5) is 8.78 Å². The molecule has 0 bridgehead atoms. The van der Waals surface area contributed by atoms with Crippen molar-refractivity contribution in [2.45, 2.75) is 30.1 Å². The van der Waals surface area contributed by atoms with Gasteiger partial charge in [0.05, 0.1) is 6.54 Å². The van der Waals surface area contributed by atoms with Gasteiger partial charge in [0.1, 0.15) is 0 Å². The van der Waals surface area contributed by atoms with Gasteiger partial charge >= 0.3 is 11.9 Å². The molecule has 2 atom stereocenters. The van der Waals surface area contributed by atoms with E-state index in [0.29, 0.717) is 5.25 Å². The van der Waals surface area contributed by atoms with Crippen LogP contribution in [0.5, 0.6) is 0 Å². The zero-order valence-corrected chi connectivity index (χ0v) is 8.61. The van der Waals surface area contributed by atoms with Gasteiger partial charge in [-0.3, -0.25) is 0 Å². The van der Waals surface area contributed by atoms with Crippen LogP contribution in [-0.4, -0.2) is 41.1 Å². The van der Waals surface area contributed by atoms with Crippen molar-refractivity contribution in [3.63, 3.8) is 0 Å². The Labute approximate surface area is 85.2 Å². The van der Waals surface area contributed by atoms with Crippen molar-refractivity contribution < 1.29 is 18.7 Å². The molecule has 3 nitrogen and oxygen atoms in total. The second-order valence-corrected chi connectivity index (χ2v) is 4.43. The first-order valence-electron chi connectivity index (χ1n) is 4.35. The molecule has 1 rings (SSSR count). The first-order chi connectivity index (χ1) is 6.47. The molecule has 14 heavy (non-hydrogen) atoms. The number of hydrogen-bond acceptors (Lipinski definition) is 3. The second-order valence-electron chi connectivity index (χ2n) is 3.35. The molecule has 1 saturated carbocycles. The van der Waals surface area contributed by atoms with Crippen LogP contribution in [0.3, 0.4) is 0 Å². The molecule has 0 spiro atoms. The predicted octanol–water partition coefficient (Wildman–Crippen LogP) is 1.19. The molecule has 6 heteroatoms. The lowest BCUT2D eigenvalue weighted by molar-refractivity contribution is -0.164. The van der Waals surface area contributed by atoms with Crippen LogP contribution in [-0.2, 0) is 4.79 Å². The molecule has 1 aliphatic rings. The first kappa shape index (κ1) is 11.7. The lowest BCUT2D eigenvalue weighted by Crippen LogP contribution is -2.51. The fourth-order valence-electron chi connectivity index (χ4n) is 1.32. The summed E-state index contributed by atoms with van der Waals surface area (Å²) in [4.78, 5) is 10.1. The molecule has 2 N–H and O–H groups in total. The molecule has 0 saturated heterocycles. The number of hydrogen-bond donors (Lipinski definition) is 2. The lowest BCUT2D eigenvalue weighted by Gasteiger charge is -2.36. The van der Waals surface area contributed by atoms with E-state index in [-0.39, 0.29) is 6.04 Å². The van der Waals surface area contributed by atoms with E-state index in [1.807, 2.05) is 6.26 Å². The summed E-state index contributed by atoms with van der Waals surface area (Å²) in [5.41, 5.74) is 0. The van der Waals surface area contributed by atoms with Gasteiger partial charge < -0.3 is 10.4 Å². The highest BCUT2D eigenvalue weighted by atomic mass is 32.2. The smallest absolute Gasteiger partial charge is 0.375 e. The summed E-state index contributed by atoms with van der Waals surface area (Å²) in [6, 6.07) is 0.0372. The van der Waals surface area contributed by atoms with Crippen molar-refractivity contribution in [2.75, 3.05) is 12.8 Å². The Bertz CT molecular complexity index is 223. The average Bonchev–Trinajstić information content (AvgIpc) is 2.02. The number of thioether (sulfide) groups is 1. The van der Waals surface area contributed by atoms with E-state index in [4.69, 9.17) is 5.11 Å². The monoisotopic (exact) mass is 225 g/mol. The molecule has 0 aromatic rings. The SMILES string of the molecule is CSC1CCC1NCC(F)(F)C(=O)O. The van der Waals surface area contributed by atoms with E-state index in [1.165, 1.54) is 0 Å². The maximum Gasteiger partial charge on any atom is 0.375 e. The Hall–Kier alpha value is -0.360. The molecule has 0 aliphatic heterocycles. The molecule has 1 fully saturated rings. The zero-order chi connectivity index (χ0) is 10.8. The summed E-state index contributed by atoms with van der Waals surface area (Å²) in [6.45, 7) is -0.774. The van der Waals surface area contributed by atoms with Gasteiger partial charge in [0.15, 0.2) is 0 Å². The molecule has 2 unspecified atom stereocenters. The first-order valence-corrected chi connectivity index (χ1v) is 5.63. The Kier molecular flexibility index (Phi) is 3.71. The van der Waals surface area contributed by atoms with Crippen LogP contribution in [0.1, 0.15) is 12.8 Å². The molecule has 0 aromatic carbocycles. The van der Waals surface area contributed by atoms with Gasteiger partial charge in [-0.25, -0.2) is 4.79 Å². The molecule has 82 valence electrons. The van der Waals surface area contributed by atoms with Gasteiger partial charge in [-0.2, -0.15) is 20.5 Å². The van der Waals surface area contributed by atoms with Crippen LogP contribution < -0.4 is 5.32 Å². The summed E-state index contributed by atoms with van der Waals surface area (Å²) in [5, 5.41) is 11.1. The van der Waals surface area contributed by atoms with Gasteiger partial charge in [0.25, 0.3) is 0 Å². The van der Waals surface area contributed by atoms with Crippen molar-refractivity contribution in [3.05, 3.63) is 0 Å². The molecule has 0 aromatic heterocycles. The third-order valence-electron chi connectivity index (χ3n) is 2.41. The van der Waals surface area contributed by atoms with E-state index in [1.54, 1.807) is 11.8 Å². The van der Waals surface area contributed by atoms with E-state index in [9.17, 15) is 13.6 Å². The largest absolute Gasteiger partial charge is 0.477 e. The topological polar surface area (TPSA) is 49.3 Å². The summed E-state index contributed by atoms with van der Waals surface area (Å²) >= 11 is 1.62. The molecule has 1 aliphatic carbocycles. The number of carboxylic acids is 1. The van der Waals surface area contributed by atoms with E-state index >= 15 is 0 Å². The van der Waals surface area contributed by atoms with Crippen molar-refractivity contribution in [2.24, 2.45) is 0 Å². The van der Waals surface area contributed by atoms with Gasteiger partial charge in [-0.1, -0.05) is 0 Å². The van der Waals surface area contributed by atoms with Crippen LogP contribution in [0, 0.1) is 0 Å². The van der Waals surface area contributed by atoms with Crippen molar-refractivity contribution >= 4 is 17.7 Å². The highest BCUT2D eigenvalue weighted by Gasteiger charge is 2.40. The van der Waals surface area contributed by atoms with Gasteiger partial charge in [-0.05, 0) is 19.1 Å². The fraction of sp³-hybridized carbons (Fsp3) is 0.875. The van der Waals surface area contributed by atoms with E-state index in [2.05, 4.69) is 5.32 Å². The zero-order valence-electron chi connectivity index (χ0n) is 7.80. The molecular formula is C8H13F2NO2S. The third kappa shape index (κ3) is 2.57. The minimum Gasteiger partial charge on any atom is -0.477 e. The molecular weight excluding hydrogens is 212 g/mol. The number of aliphatic carboxylic acids is 1. The maximum atomic E-state index is 12.6. The van der Waals surface area contributed by atoms with Crippen LogP contribution >= 0.6 is 11.8 Å². The highest BCUT2D eigenvalue weighted by Crippen LogP contribution is 2.30. The number of nitrogens with one attached hydrogen (secondary N) is 1. The highest BCUT2D eigenvalue weighted by molar-refractivity contribution is 7.99. The Morgan fingerprint density at radius 3 is 2.64 bits per heavy atom. The lowest BCUT2D eigenvalue weighted by atomic mass is 9.92. The number of halogens is 2. The molecule has 0 amide bonds. The quantitative estimate of drug-likeness (QED) is 0.738. The summed E-state index contributed by atoms with van der Waals surface area (Å²) in [6.07, 6.45) is 3.78. The van der Waals surface area contributed by atoms with Crippen molar-refractivity contribution in [1.82, 2.24) is 5.32 Å². The molecule has 0 heterocycles. The number of carboxylic acid groups (broad SMARTS) is 1. The number of carbonyl (C=O) groups is 1. The van der Waals surface area contributed by atoms with Gasteiger partial charge in [0, 0.05) is 11.3 Å². The second kappa shape index (κ2) is 4.44.